The first kappa shape index (κ1) is 22.6. The van der Waals surface area contributed by atoms with Gasteiger partial charge in [0.1, 0.15) is 17.5 Å². The smallest absolute Gasteiger partial charge is 0.325 e. The van der Waals surface area contributed by atoms with Crippen molar-refractivity contribution in [1.82, 2.24) is 19.6 Å². The fourth-order valence-electron chi connectivity index (χ4n) is 4.44. The van der Waals surface area contributed by atoms with Crippen LogP contribution in [0.2, 0.25) is 0 Å². The molecule has 1 aliphatic carbocycles. The molecule has 6 rings (SSSR count). The lowest BCUT2D eigenvalue weighted by molar-refractivity contribution is -0.181. The Morgan fingerprint density at radius 3 is 2.47 bits per heavy atom. The number of hydrogen-bond acceptors (Lipinski definition) is 4. The van der Waals surface area contributed by atoms with Gasteiger partial charge in [-0.25, -0.2) is 4.39 Å². The molecule has 34 heavy (non-hydrogen) atoms. The molecule has 0 saturated heterocycles. The van der Waals surface area contributed by atoms with Crippen molar-refractivity contribution in [2.75, 3.05) is 11.4 Å². The molecule has 0 unspecified atom stereocenters. The lowest BCUT2D eigenvalue weighted by atomic mass is 9.97. The third kappa shape index (κ3) is 3.76. The molecule has 9 heteroatoms. The van der Waals surface area contributed by atoms with E-state index >= 15 is 0 Å². The summed E-state index contributed by atoms with van der Waals surface area (Å²) in [6.45, 7) is 6.12. The number of alkyl halides is 3. The second kappa shape index (κ2) is 7.92. The van der Waals surface area contributed by atoms with Crippen molar-refractivity contribution in [3.8, 4) is 0 Å². The van der Waals surface area contributed by atoms with E-state index in [4.69, 9.17) is 4.98 Å². The summed E-state index contributed by atoms with van der Waals surface area (Å²) < 4.78 is 50.8. The highest BCUT2D eigenvalue weighted by Gasteiger charge is 2.59. The Morgan fingerprint density at radius 2 is 1.79 bits per heavy atom. The minimum absolute atomic E-state index is 0.271. The Labute approximate surface area is 194 Å². The lowest BCUT2D eigenvalue weighted by Gasteiger charge is -2.32. The van der Waals surface area contributed by atoms with Crippen LogP contribution in [-0.2, 0) is 6.42 Å². The maximum Gasteiger partial charge on any atom is 0.394 e. The molecule has 2 aliphatic rings. The molecule has 0 bridgehead atoms. The standard InChI is InChI=1S/C20H18FN5.C5H7F3/c1-12-5-3-7-17-15(12)6-4-10-25(17)19-16-11-14(21)8-9-18(16)26-13(2)23-24-20(26)22-19;1-4(2-3-4)5(6,7)8/h3,5,7-9,11H,4,6,10H2,1-2H3;2-3H2,1H3. The van der Waals surface area contributed by atoms with E-state index in [2.05, 4.69) is 40.2 Å². The number of aryl methyl sites for hydroxylation is 2. The zero-order chi connectivity index (χ0) is 24.3. The highest BCUT2D eigenvalue weighted by Crippen LogP contribution is 2.56. The number of anilines is 2. The van der Waals surface area contributed by atoms with Crippen LogP contribution in [0.25, 0.3) is 16.7 Å². The Kier molecular flexibility index (Phi) is 5.26. The van der Waals surface area contributed by atoms with E-state index < -0.39 is 11.6 Å². The molecule has 1 saturated carbocycles. The van der Waals surface area contributed by atoms with Gasteiger partial charge in [0.15, 0.2) is 0 Å². The van der Waals surface area contributed by atoms with Gasteiger partial charge in [-0.3, -0.25) is 4.40 Å². The van der Waals surface area contributed by atoms with Crippen LogP contribution in [0.4, 0.5) is 29.1 Å². The van der Waals surface area contributed by atoms with E-state index in [0.717, 1.165) is 47.6 Å². The van der Waals surface area contributed by atoms with Crippen LogP contribution >= 0.6 is 0 Å². The molecular weight excluding hydrogens is 446 g/mol. The molecule has 2 aromatic carbocycles. The highest BCUT2D eigenvalue weighted by atomic mass is 19.4. The molecule has 178 valence electrons. The van der Waals surface area contributed by atoms with Crippen LogP contribution < -0.4 is 4.90 Å². The van der Waals surface area contributed by atoms with Crippen molar-refractivity contribution in [3.63, 3.8) is 0 Å². The molecule has 0 spiro atoms. The molecule has 0 N–H and O–H groups in total. The number of rotatable bonds is 1. The minimum Gasteiger partial charge on any atom is -0.325 e. The third-order valence-electron chi connectivity index (χ3n) is 6.88. The average molecular weight is 472 g/mol. The molecule has 3 heterocycles. The van der Waals surface area contributed by atoms with E-state index in [1.807, 2.05) is 11.3 Å². The summed E-state index contributed by atoms with van der Waals surface area (Å²) in [5, 5.41) is 9.13. The predicted molar refractivity (Wildman–Crippen MR) is 123 cm³/mol. The van der Waals surface area contributed by atoms with E-state index in [9.17, 15) is 17.6 Å². The van der Waals surface area contributed by atoms with Crippen LogP contribution in [0.3, 0.4) is 0 Å². The quantitative estimate of drug-likeness (QED) is 0.299. The van der Waals surface area contributed by atoms with Gasteiger partial charge in [-0.15, -0.1) is 10.2 Å². The Bertz CT molecular complexity index is 1380. The van der Waals surface area contributed by atoms with Gasteiger partial charge in [0.2, 0.25) is 0 Å². The van der Waals surface area contributed by atoms with Gasteiger partial charge in [-0.1, -0.05) is 19.1 Å². The summed E-state index contributed by atoms with van der Waals surface area (Å²) >= 11 is 0. The van der Waals surface area contributed by atoms with Gasteiger partial charge in [-0.2, -0.15) is 18.2 Å². The number of halogens is 4. The average Bonchev–Trinajstić information content (AvgIpc) is 3.46. The summed E-state index contributed by atoms with van der Waals surface area (Å²) in [6.07, 6.45) is -1.23. The monoisotopic (exact) mass is 471 g/mol. The fourth-order valence-corrected chi connectivity index (χ4v) is 4.44. The van der Waals surface area contributed by atoms with Crippen molar-refractivity contribution in [1.29, 1.82) is 0 Å². The van der Waals surface area contributed by atoms with E-state index in [-0.39, 0.29) is 5.82 Å². The Morgan fingerprint density at radius 1 is 1.03 bits per heavy atom. The summed E-state index contributed by atoms with van der Waals surface area (Å²) in [4.78, 5) is 6.96. The summed E-state index contributed by atoms with van der Waals surface area (Å²) in [6, 6.07) is 11.1. The summed E-state index contributed by atoms with van der Waals surface area (Å²) in [5.41, 5.74) is 3.32. The van der Waals surface area contributed by atoms with Gasteiger partial charge in [-0.05, 0) is 74.9 Å². The van der Waals surface area contributed by atoms with Crippen LogP contribution in [0.15, 0.2) is 36.4 Å². The topological polar surface area (TPSA) is 46.3 Å². The van der Waals surface area contributed by atoms with Crippen LogP contribution in [0.1, 0.15) is 43.1 Å². The maximum absolute atomic E-state index is 14.1. The molecular formula is C25H25F4N5. The second-order valence-electron chi connectivity index (χ2n) is 9.37. The first-order chi connectivity index (χ1) is 16.1. The third-order valence-corrected chi connectivity index (χ3v) is 6.88. The van der Waals surface area contributed by atoms with Crippen LogP contribution in [0, 0.1) is 25.1 Å². The number of fused-ring (bicyclic) bond motifs is 4. The molecule has 0 amide bonds. The van der Waals surface area contributed by atoms with Crippen LogP contribution in [0.5, 0.6) is 0 Å². The van der Waals surface area contributed by atoms with Crippen molar-refractivity contribution in [2.45, 2.75) is 52.6 Å². The Hall–Kier alpha value is -3.23. The summed E-state index contributed by atoms with van der Waals surface area (Å²) in [5.74, 6) is 1.75. The molecule has 2 aromatic heterocycles. The molecule has 1 aliphatic heterocycles. The van der Waals surface area contributed by atoms with Crippen molar-refractivity contribution < 1.29 is 17.6 Å². The van der Waals surface area contributed by atoms with Gasteiger partial charge < -0.3 is 4.90 Å². The van der Waals surface area contributed by atoms with Gasteiger partial charge in [0, 0.05) is 17.6 Å². The largest absolute Gasteiger partial charge is 0.394 e. The van der Waals surface area contributed by atoms with Gasteiger partial charge >= 0.3 is 6.18 Å². The van der Waals surface area contributed by atoms with Crippen molar-refractivity contribution in [3.05, 3.63) is 59.2 Å². The molecule has 5 nitrogen and oxygen atoms in total. The number of benzene rings is 2. The van der Waals surface area contributed by atoms with E-state index in [1.165, 1.54) is 24.1 Å². The fraction of sp³-hybridized carbons (Fsp3) is 0.400. The first-order valence-corrected chi connectivity index (χ1v) is 11.3. The van der Waals surface area contributed by atoms with Crippen LogP contribution in [-0.4, -0.2) is 32.3 Å². The maximum atomic E-state index is 14.1. The van der Waals surface area contributed by atoms with Crippen molar-refractivity contribution in [2.24, 2.45) is 5.41 Å². The first-order valence-electron chi connectivity index (χ1n) is 11.3. The number of nitrogens with zero attached hydrogens (tertiary/aromatic N) is 5. The molecule has 1 fully saturated rings. The SMILES string of the molecule is CC1(C(F)(F)F)CC1.Cc1cccc2c1CCCN2c1nc2nnc(C)n2c2ccc(F)cc12. The van der Waals surface area contributed by atoms with E-state index in [1.54, 1.807) is 12.1 Å². The summed E-state index contributed by atoms with van der Waals surface area (Å²) in [7, 11) is 0. The van der Waals surface area contributed by atoms with Gasteiger partial charge in [0.05, 0.1) is 10.9 Å². The normalized spacial score (nSPS) is 16.9. The molecule has 4 aromatic rings. The molecule has 0 radical (unpaired) electrons. The van der Waals surface area contributed by atoms with Gasteiger partial charge in [0.25, 0.3) is 5.78 Å². The van der Waals surface area contributed by atoms with Crippen molar-refractivity contribution >= 4 is 28.2 Å². The predicted octanol–water partition coefficient (Wildman–Crippen LogP) is 6.47. The minimum atomic E-state index is -3.95. The zero-order valence-electron chi connectivity index (χ0n) is 19.2. The lowest BCUT2D eigenvalue weighted by Crippen LogP contribution is -2.26. The Balaban J connectivity index is 0.000000257. The zero-order valence-corrected chi connectivity index (χ0v) is 19.2. The number of aromatic nitrogens is 4. The van der Waals surface area contributed by atoms with E-state index in [0.29, 0.717) is 18.6 Å². The second-order valence-corrected chi connectivity index (χ2v) is 9.37. The highest BCUT2D eigenvalue weighted by molar-refractivity contribution is 5.94. The molecule has 0 atom stereocenters. The number of hydrogen-bond donors (Lipinski definition) is 0.